The molecule has 9 heteroatoms. The summed E-state index contributed by atoms with van der Waals surface area (Å²) in [5.74, 6) is 0.00650. The number of fused-ring (bicyclic) bond motifs is 1. The second kappa shape index (κ2) is 9.11. The van der Waals surface area contributed by atoms with Crippen molar-refractivity contribution >= 4 is 16.9 Å². The number of pyridine rings is 1. The number of carbonyl (C=O) groups excluding carboxylic acids is 1. The van der Waals surface area contributed by atoms with Crippen molar-refractivity contribution in [3.05, 3.63) is 121 Å². The van der Waals surface area contributed by atoms with Gasteiger partial charge in [0.05, 0.1) is 27.8 Å². The van der Waals surface area contributed by atoms with E-state index in [1.54, 1.807) is 35.1 Å². The van der Waals surface area contributed by atoms with E-state index < -0.39 is 11.7 Å². The molecule has 0 aliphatic carbocycles. The quantitative estimate of drug-likeness (QED) is 0.267. The van der Waals surface area contributed by atoms with Gasteiger partial charge in [-0.3, -0.25) is 14.3 Å². The van der Waals surface area contributed by atoms with Crippen molar-refractivity contribution in [1.29, 1.82) is 0 Å². The fourth-order valence-electron chi connectivity index (χ4n) is 4.32. The van der Waals surface area contributed by atoms with Crippen LogP contribution in [0, 0.1) is 0 Å². The monoisotopic (exact) mass is 509 g/mol. The minimum atomic E-state index is -4.46. The number of benzene rings is 3. The van der Waals surface area contributed by atoms with Crippen molar-refractivity contribution in [2.45, 2.75) is 6.18 Å². The third kappa shape index (κ3) is 4.13. The van der Waals surface area contributed by atoms with Gasteiger partial charge in [0.25, 0.3) is 5.91 Å². The highest BCUT2D eigenvalue weighted by molar-refractivity contribution is 6.04. The van der Waals surface area contributed by atoms with Gasteiger partial charge in [-0.1, -0.05) is 42.5 Å². The molecule has 0 aliphatic rings. The first kappa shape index (κ1) is 23.4. The van der Waals surface area contributed by atoms with E-state index in [1.807, 2.05) is 42.5 Å². The van der Waals surface area contributed by atoms with Crippen LogP contribution < -0.4 is 0 Å². The molecule has 0 radical (unpaired) electrons. The lowest BCUT2D eigenvalue weighted by atomic mass is 10.1. The van der Waals surface area contributed by atoms with E-state index in [9.17, 15) is 18.0 Å². The van der Waals surface area contributed by atoms with Gasteiger partial charge in [0.15, 0.2) is 5.82 Å². The van der Waals surface area contributed by atoms with Gasteiger partial charge in [-0.05, 0) is 48.5 Å². The van der Waals surface area contributed by atoms with Crippen LogP contribution in [0.5, 0.6) is 0 Å². The molecule has 0 unspecified atom stereocenters. The molecule has 0 saturated heterocycles. The van der Waals surface area contributed by atoms with E-state index >= 15 is 0 Å². The first-order chi connectivity index (χ1) is 18.4. The molecule has 0 saturated carbocycles. The van der Waals surface area contributed by atoms with Crippen LogP contribution in [0.2, 0.25) is 0 Å². The SMILES string of the molecule is O=C(c1ccncc1)n1c(-c2cn(-c3ccccc3)nc2-c2ccc(C(F)(F)F)cc2)nc2ccccc21. The predicted molar refractivity (Wildman–Crippen MR) is 137 cm³/mol. The smallest absolute Gasteiger partial charge is 0.268 e. The van der Waals surface area contributed by atoms with E-state index in [-0.39, 0.29) is 5.91 Å². The fourth-order valence-corrected chi connectivity index (χ4v) is 4.32. The highest BCUT2D eigenvalue weighted by atomic mass is 19.4. The van der Waals surface area contributed by atoms with Crippen LogP contribution in [0.4, 0.5) is 13.2 Å². The molecule has 0 atom stereocenters. The fraction of sp³-hybridized carbons (Fsp3) is 0.0345. The molecule has 6 nitrogen and oxygen atoms in total. The maximum Gasteiger partial charge on any atom is 0.416 e. The Bertz CT molecular complexity index is 1760. The van der Waals surface area contributed by atoms with Crippen LogP contribution in [0.3, 0.4) is 0 Å². The van der Waals surface area contributed by atoms with Gasteiger partial charge in [-0.25, -0.2) is 9.67 Å². The van der Waals surface area contributed by atoms with E-state index in [2.05, 4.69) is 4.98 Å². The van der Waals surface area contributed by atoms with Gasteiger partial charge in [0.2, 0.25) is 0 Å². The summed E-state index contributed by atoms with van der Waals surface area (Å²) >= 11 is 0. The Morgan fingerprint density at radius 3 is 2.18 bits per heavy atom. The average molecular weight is 509 g/mol. The Balaban J connectivity index is 1.60. The lowest BCUT2D eigenvalue weighted by molar-refractivity contribution is -0.137. The first-order valence-electron chi connectivity index (χ1n) is 11.7. The topological polar surface area (TPSA) is 65.6 Å². The lowest BCUT2D eigenvalue weighted by Crippen LogP contribution is -2.13. The van der Waals surface area contributed by atoms with Crippen LogP contribution in [0.25, 0.3) is 39.4 Å². The maximum atomic E-state index is 13.7. The van der Waals surface area contributed by atoms with Gasteiger partial charge in [0, 0.05) is 29.7 Å². The van der Waals surface area contributed by atoms with Gasteiger partial charge in [-0.2, -0.15) is 18.3 Å². The molecule has 0 N–H and O–H groups in total. The Morgan fingerprint density at radius 1 is 0.789 bits per heavy atom. The van der Waals surface area contributed by atoms with E-state index in [1.165, 1.54) is 29.1 Å². The number of aromatic nitrogens is 5. The number of alkyl halides is 3. The standard InChI is InChI=1S/C29H18F3N5O/c30-29(31,32)21-12-10-19(11-13-21)26-23(18-36(35-26)22-6-2-1-3-7-22)27-34-24-8-4-5-9-25(24)37(27)28(38)20-14-16-33-17-15-20/h1-18H. The van der Waals surface area contributed by atoms with Crippen LogP contribution in [-0.2, 0) is 6.18 Å². The largest absolute Gasteiger partial charge is 0.416 e. The molecule has 3 aromatic heterocycles. The zero-order valence-corrected chi connectivity index (χ0v) is 19.7. The first-order valence-corrected chi connectivity index (χ1v) is 11.7. The van der Waals surface area contributed by atoms with Gasteiger partial charge in [0.1, 0.15) is 5.69 Å². The van der Waals surface area contributed by atoms with Crippen molar-refractivity contribution < 1.29 is 18.0 Å². The van der Waals surface area contributed by atoms with Gasteiger partial charge < -0.3 is 0 Å². The molecule has 0 spiro atoms. The highest BCUT2D eigenvalue weighted by Crippen LogP contribution is 2.36. The molecule has 3 aromatic carbocycles. The third-order valence-corrected chi connectivity index (χ3v) is 6.15. The van der Waals surface area contributed by atoms with Gasteiger partial charge >= 0.3 is 6.18 Å². The summed E-state index contributed by atoms with van der Waals surface area (Å²) in [6.45, 7) is 0. The van der Waals surface area contributed by atoms with E-state index in [4.69, 9.17) is 10.1 Å². The number of carbonyl (C=O) groups is 1. The lowest BCUT2D eigenvalue weighted by Gasteiger charge is -2.09. The normalized spacial score (nSPS) is 11.7. The maximum absolute atomic E-state index is 13.7. The van der Waals surface area contributed by atoms with Crippen LogP contribution in [-0.4, -0.2) is 30.2 Å². The number of halogens is 3. The van der Waals surface area contributed by atoms with Crippen molar-refractivity contribution in [3.8, 4) is 28.3 Å². The Hall–Kier alpha value is -5.05. The Morgan fingerprint density at radius 2 is 1.47 bits per heavy atom. The molecular weight excluding hydrogens is 491 g/mol. The number of hydrogen-bond donors (Lipinski definition) is 0. The molecular formula is C29H18F3N5O. The summed E-state index contributed by atoms with van der Waals surface area (Å²) in [5.41, 5.74) is 2.92. The molecule has 0 bridgehead atoms. The van der Waals surface area contributed by atoms with Crippen molar-refractivity contribution in [1.82, 2.24) is 24.3 Å². The summed E-state index contributed by atoms with van der Waals surface area (Å²) in [6, 6.07) is 24.6. The highest BCUT2D eigenvalue weighted by Gasteiger charge is 2.30. The van der Waals surface area contributed by atoms with Crippen molar-refractivity contribution in [3.63, 3.8) is 0 Å². The minimum Gasteiger partial charge on any atom is -0.268 e. The average Bonchev–Trinajstić information content (AvgIpc) is 3.55. The molecule has 0 fully saturated rings. The number of hydrogen-bond acceptors (Lipinski definition) is 4. The second-order valence-corrected chi connectivity index (χ2v) is 8.55. The molecule has 6 aromatic rings. The van der Waals surface area contributed by atoms with Crippen LogP contribution in [0.1, 0.15) is 15.9 Å². The molecule has 38 heavy (non-hydrogen) atoms. The number of para-hydroxylation sites is 3. The number of imidazole rings is 1. The zero-order valence-electron chi connectivity index (χ0n) is 19.7. The molecule has 3 heterocycles. The molecule has 0 aliphatic heterocycles. The molecule has 0 amide bonds. The predicted octanol–water partition coefficient (Wildman–Crippen LogP) is 6.66. The number of rotatable bonds is 4. The Kier molecular flexibility index (Phi) is 5.60. The minimum absolute atomic E-state index is 0.318. The summed E-state index contributed by atoms with van der Waals surface area (Å²) in [5, 5.41) is 4.72. The summed E-state index contributed by atoms with van der Waals surface area (Å²) < 4.78 is 42.8. The Labute approximate surface area is 214 Å². The van der Waals surface area contributed by atoms with Crippen molar-refractivity contribution in [2.75, 3.05) is 0 Å². The summed E-state index contributed by atoms with van der Waals surface area (Å²) in [6.07, 6.45) is 0.343. The van der Waals surface area contributed by atoms with Crippen LogP contribution >= 0.6 is 0 Å². The van der Waals surface area contributed by atoms with Crippen molar-refractivity contribution in [2.24, 2.45) is 0 Å². The molecule has 6 rings (SSSR count). The summed E-state index contributed by atoms with van der Waals surface area (Å²) in [4.78, 5) is 22.5. The van der Waals surface area contributed by atoms with Gasteiger partial charge in [-0.15, -0.1) is 0 Å². The summed E-state index contributed by atoms with van der Waals surface area (Å²) in [7, 11) is 0. The van der Waals surface area contributed by atoms with E-state index in [0.717, 1.165) is 17.8 Å². The third-order valence-electron chi connectivity index (χ3n) is 6.15. The zero-order chi connectivity index (χ0) is 26.3. The van der Waals surface area contributed by atoms with E-state index in [0.29, 0.717) is 39.2 Å². The van der Waals surface area contributed by atoms with Crippen LogP contribution in [0.15, 0.2) is 110 Å². The second-order valence-electron chi connectivity index (χ2n) is 8.55. The molecule has 186 valence electrons. The number of nitrogens with zero attached hydrogens (tertiary/aromatic N) is 5.